The normalized spacial score (nSPS) is 15.8. The predicted octanol–water partition coefficient (Wildman–Crippen LogP) is 1.63. The van der Waals surface area contributed by atoms with Crippen LogP contribution in [0.15, 0.2) is 42.3 Å². The lowest BCUT2D eigenvalue weighted by molar-refractivity contribution is 0.270. The van der Waals surface area contributed by atoms with E-state index in [4.69, 9.17) is 0 Å². The van der Waals surface area contributed by atoms with Crippen molar-refractivity contribution in [2.45, 2.75) is 0 Å². The summed E-state index contributed by atoms with van der Waals surface area (Å²) < 4.78 is 0. The lowest BCUT2D eigenvalue weighted by Gasteiger charge is -1.86. The van der Waals surface area contributed by atoms with Gasteiger partial charge in [0, 0.05) is 0 Å². The Morgan fingerprint density at radius 3 is 3.22 bits per heavy atom. The third-order valence-corrected chi connectivity index (χ3v) is 0.885. The molecule has 0 aliphatic carbocycles. The van der Waals surface area contributed by atoms with Crippen LogP contribution in [0.2, 0.25) is 0 Å². The average Bonchev–Trinajstić information content (AvgIpc) is 2.13. The van der Waals surface area contributed by atoms with Crippen LogP contribution < -0.4 is 0 Å². The fourth-order valence-corrected chi connectivity index (χ4v) is 0.462. The van der Waals surface area contributed by atoms with E-state index in [9.17, 15) is 0 Å². The molecule has 1 heterocycles. The molecule has 1 aliphatic heterocycles. The van der Waals surface area contributed by atoms with Crippen molar-refractivity contribution < 1.29 is 4.84 Å². The molecule has 0 bridgehead atoms. The van der Waals surface area contributed by atoms with Gasteiger partial charge in [0.05, 0.1) is 0 Å². The van der Waals surface area contributed by atoms with Gasteiger partial charge in [-0.3, -0.25) is 0 Å². The molecule has 0 N–H and O–H groups in total. The molecule has 2 heteroatoms. The molecule has 0 unspecified atom stereocenters. The van der Waals surface area contributed by atoms with Crippen molar-refractivity contribution >= 4 is 5.71 Å². The van der Waals surface area contributed by atoms with E-state index in [2.05, 4.69) is 16.6 Å². The van der Waals surface area contributed by atoms with E-state index < -0.39 is 0 Å². The topological polar surface area (TPSA) is 21.6 Å². The van der Waals surface area contributed by atoms with E-state index in [1.54, 1.807) is 12.2 Å². The molecule has 0 spiro atoms. The first-order valence-corrected chi connectivity index (χ1v) is 2.63. The molecule has 0 saturated heterocycles. The third-order valence-electron chi connectivity index (χ3n) is 0.885. The fraction of sp³-hybridized carbons (Fsp3) is 0. The Morgan fingerprint density at radius 1 is 1.56 bits per heavy atom. The number of nitrogens with zero attached hydrogens (tertiary/aromatic N) is 1. The van der Waals surface area contributed by atoms with Crippen molar-refractivity contribution in [1.29, 1.82) is 0 Å². The number of hydrogen-bond donors (Lipinski definition) is 0. The maximum atomic E-state index is 4.67. The monoisotopic (exact) mass is 121 g/mol. The van der Waals surface area contributed by atoms with E-state index in [-0.39, 0.29) is 0 Å². The van der Waals surface area contributed by atoms with E-state index in [1.165, 1.54) is 6.26 Å². The molecule has 0 fully saturated rings. The van der Waals surface area contributed by atoms with Gasteiger partial charge in [-0.2, -0.15) is 0 Å². The molecule has 2 nitrogen and oxygen atoms in total. The van der Waals surface area contributed by atoms with Gasteiger partial charge < -0.3 is 4.84 Å². The second kappa shape index (κ2) is 2.87. The molecule has 0 amide bonds. The van der Waals surface area contributed by atoms with Crippen molar-refractivity contribution in [3.8, 4) is 0 Å². The molecule has 0 aromatic rings. The summed E-state index contributed by atoms with van der Waals surface area (Å²) >= 11 is 0. The molecule has 9 heavy (non-hydrogen) atoms. The van der Waals surface area contributed by atoms with Gasteiger partial charge in [0.2, 0.25) is 0 Å². The van der Waals surface area contributed by atoms with E-state index in [0.717, 1.165) is 5.71 Å². The molecule has 0 aromatic carbocycles. The van der Waals surface area contributed by atoms with Crippen molar-refractivity contribution in [3.63, 3.8) is 0 Å². The highest BCUT2D eigenvalue weighted by Crippen LogP contribution is 1.92. The molecule has 0 atom stereocenters. The van der Waals surface area contributed by atoms with Crippen LogP contribution in [0.3, 0.4) is 0 Å². The van der Waals surface area contributed by atoms with Gasteiger partial charge in [-0.1, -0.05) is 17.8 Å². The number of rotatable bonds is 1. The third kappa shape index (κ3) is 1.57. The van der Waals surface area contributed by atoms with Crippen LogP contribution in [0.25, 0.3) is 0 Å². The van der Waals surface area contributed by atoms with Crippen LogP contribution in [0.5, 0.6) is 0 Å². The Morgan fingerprint density at radius 2 is 2.44 bits per heavy atom. The molecule has 46 valence electrons. The van der Waals surface area contributed by atoms with Gasteiger partial charge >= 0.3 is 0 Å². The second-order valence-corrected chi connectivity index (χ2v) is 1.51. The minimum absolute atomic E-state index is 0.736. The summed E-state index contributed by atoms with van der Waals surface area (Å²) in [6.07, 6.45) is 8.56. The second-order valence-electron chi connectivity index (χ2n) is 1.51. The fourth-order valence-electron chi connectivity index (χ4n) is 0.462. The highest BCUT2D eigenvalue weighted by atomic mass is 16.6. The largest absolute Gasteiger partial charge is 0.364 e. The van der Waals surface area contributed by atoms with Crippen LogP contribution in [0.4, 0.5) is 0 Å². The van der Waals surface area contributed by atoms with Crippen LogP contribution in [-0.4, -0.2) is 5.71 Å². The first-order valence-electron chi connectivity index (χ1n) is 2.63. The molecule has 0 radical (unpaired) electrons. The smallest absolute Gasteiger partial charge is 0.122 e. The van der Waals surface area contributed by atoms with Gasteiger partial charge in [0.25, 0.3) is 0 Å². The first kappa shape index (κ1) is 5.82. The number of oxime groups is 1. The SMILES string of the molecule is C=CC1=NOC=CC=C1. The molecule has 0 saturated carbocycles. The van der Waals surface area contributed by atoms with Gasteiger partial charge in [0.15, 0.2) is 0 Å². The Hall–Kier alpha value is -1.31. The van der Waals surface area contributed by atoms with Crippen molar-refractivity contribution in [1.82, 2.24) is 0 Å². The summed E-state index contributed by atoms with van der Waals surface area (Å²) in [5.41, 5.74) is 0.736. The van der Waals surface area contributed by atoms with Gasteiger partial charge in [-0.25, -0.2) is 0 Å². The Balaban J connectivity index is 2.74. The highest BCUT2D eigenvalue weighted by Gasteiger charge is 1.86. The zero-order valence-electron chi connectivity index (χ0n) is 4.95. The minimum Gasteiger partial charge on any atom is -0.364 e. The lowest BCUT2D eigenvalue weighted by Crippen LogP contribution is -1.84. The number of allylic oxidation sites excluding steroid dienone is 4. The summed E-state index contributed by atoms with van der Waals surface area (Å²) in [5, 5.41) is 3.67. The predicted molar refractivity (Wildman–Crippen MR) is 37.0 cm³/mol. The molecule has 1 rings (SSSR count). The summed E-state index contributed by atoms with van der Waals surface area (Å²) in [7, 11) is 0. The zero-order chi connectivity index (χ0) is 6.53. The zero-order valence-corrected chi connectivity index (χ0v) is 4.95. The average molecular weight is 121 g/mol. The number of hydrogen-bond acceptors (Lipinski definition) is 2. The quantitative estimate of drug-likeness (QED) is 0.516. The van der Waals surface area contributed by atoms with E-state index in [1.807, 2.05) is 12.2 Å². The Labute approximate surface area is 53.8 Å². The Bertz CT molecular complexity index is 189. The van der Waals surface area contributed by atoms with Crippen LogP contribution >= 0.6 is 0 Å². The van der Waals surface area contributed by atoms with Gasteiger partial charge in [-0.15, -0.1) is 0 Å². The van der Waals surface area contributed by atoms with Crippen LogP contribution in [0.1, 0.15) is 0 Å². The van der Waals surface area contributed by atoms with Crippen LogP contribution in [0, 0.1) is 0 Å². The van der Waals surface area contributed by atoms with Gasteiger partial charge in [-0.05, 0) is 18.2 Å². The molecular formula is C7H7NO. The maximum absolute atomic E-state index is 4.67. The molecule has 0 aromatic heterocycles. The Kier molecular flexibility index (Phi) is 1.85. The minimum atomic E-state index is 0.736. The first-order chi connectivity index (χ1) is 4.43. The summed E-state index contributed by atoms with van der Waals surface area (Å²) in [4.78, 5) is 4.67. The van der Waals surface area contributed by atoms with Gasteiger partial charge in [0.1, 0.15) is 12.0 Å². The molecular weight excluding hydrogens is 114 g/mol. The standard InChI is InChI=1S/C7H7NO/c1-2-7-5-3-4-6-9-8-7/h2-6H,1H2. The van der Waals surface area contributed by atoms with Crippen molar-refractivity contribution in [2.75, 3.05) is 0 Å². The van der Waals surface area contributed by atoms with Crippen molar-refractivity contribution in [3.05, 3.63) is 37.1 Å². The summed E-state index contributed by atoms with van der Waals surface area (Å²) in [6.45, 7) is 3.54. The maximum Gasteiger partial charge on any atom is 0.122 e. The molecule has 1 aliphatic rings. The van der Waals surface area contributed by atoms with E-state index in [0.29, 0.717) is 0 Å². The van der Waals surface area contributed by atoms with E-state index >= 15 is 0 Å². The summed E-state index contributed by atoms with van der Waals surface area (Å²) in [6, 6.07) is 0. The lowest BCUT2D eigenvalue weighted by atomic mass is 10.3. The van der Waals surface area contributed by atoms with Crippen LogP contribution in [-0.2, 0) is 4.84 Å². The highest BCUT2D eigenvalue weighted by molar-refractivity contribution is 6.03. The summed E-state index contributed by atoms with van der Waals surface area (Å²) in [5.74, 6) is 0. The van der Waals surface area contributed by atoms with Crippen molar-refractivity contribution in [2.24, 2.45) is 5.16 Å².